The molecule has 2 aromatic rings. The van der Waals surface area contributed by atoms with Gasteiger partial charge in [0.05, 0.1) is 11.9 Å². The van der Waals surface area contributed by atoms with Crippen LogP contribution in [0.15, 0.2) is 40.7 Å². The Bertz CT molecular complexity index is 743. The molecule has 2 rings (SSSR count). The third kappa shape index (κ3) is 3.44. The molecule has 1 aromatic carbocycles. The normalized spacial score (nSPS) is 11.5. The first-order valence-corrected chi connectivity index (χ1v) is 8.05. The van der Waals surface area contributed by atoms with Crippen LogP contribution in [0.4, 0.5) is 4.39 Å². The fourth-order valence-corrected chi connectivity index (χ4v) is 2.97. The molecule has 6 nitrogen and oxygen atoms in total. The van der Waals surface area contributed by atoms with E-state index in [9.17, 15) is 12.8 Å². The van der Waals surface area contributed by atoms with Gasteiger partial charge < -0.3 is 0 Å². The number of rotatable bonds is 5. The van der Waals surface area contributed by atoms with Gasteiger partial charge in [-0.15, -0.1) is 0 Å². The lowest BCUT2D eigenvalue weighted by molar-refractivity contribution is 0.602. The summed E-state index contributed by atoms with van der Waals surface area (Å²) in [6.07, 6.45) is 1.47. The molecule has 0 saturated heterocycles. The van der Waals surface area contributed by atoms with Crippen molar-refractivity contribution in [3.63, 3.8) is 0 Å². The van der Waals surface area contributed by atoms with Crippen molar-refractivity contribution in [2.45, 2.75) is 5.16 Å². The van der Waals surface area contributed by atoms with Crippen LogP contribution in [0, 0.1) is 5.82 Å². The van der Waals surface area contributed by atoms with Gasteiger partial charge in [-0.1, -0.05) is 23.9 Å². The Morgan fingerprint density at radius 2 is 2.15 bits per heavy atom. The smallest absolute Gasteiger partial charge is 0.218 e. The molecule has 1 aromatic heterocycles. The lowest BCUT2D eigenvalue weighted by Gasteiger charge is -1.98. The van der Waals surface area contributed by atoms with Crippen LogP contribution in [0.5, 0.6) is 0 Å². The van der Waals surface area contributed by atoms with Crippen molar-refractivity contribution in [2.24, 2.45) is 10.2 Å². The number of aromatic nitrogens is 2. The molecule has 0 amide bonds. The fourth-order valence-electron chi connectivity index (χ4n) is 1.49. The van der Waals surface area contributed by atoms with E-state index in [2.05, 4.69) is 16.8 Å². The minimum absolute atomic E-state index is 0.271. The first-order chi connectivity index (χ1) is 9.40. The van der Waals surface area contributed by atoms with Crippen LogP contribution in [0.1, 0.15) is 0 Å². The maximum Gasteiger partial charge on any atom is 0.218 e. The van der Waals surface area contributed by atoms with E-state index in [1.54, 1.807) is 18.2 Å². The Kier molecular flexibility index (Phi) is 4.21. The molecule has 0 aliphatic carbocycles. The Hall–Kier alpha value is -1.71. The number of hydrogen-bond donors (Lipinski definition) is 1. The van der Waals surface area contributed by atoms with Gasteiger partial charge in [0, 0.05) is 12.3 Å². The van der Waals surface area contributed by atoms with E-state index in [-0.39, 0.29) is 10.2 Å². The van der Waals surface area contributed by atoms with Crippen molar-refractivity contribution in [1.82, 2.24) is 9.66 Å². The summed E-state index contributed by atoms with van der Waals surface area (Å²) in [7, 11) is -3.64. The lowest BCUT2D eigenvalue weighted by Crippen LogP contribution is -2.14. The monoisotopic (exact) mass is 314 g/mol. The van der Waals surface area contributed by atoms with E-state index in [4.69, 9.17) is 5.14 Å². The highest BCUT2D eigenvalue weighted by molar-refractivity contribution is 8.11. The van der Waals surface area contributed by atoms with Gasteiger partial charge in [-0.05, 0) is 12.1 Å². The molecule has 2 N–H and O–H groups in total. The number of imidazole rings is 1. The summed E-state index contributed by atoms with van der Waals surface area (Å²) in [6, 6.07) is 6.13. The quantitative estimate of drug-likeness (QED) is 0.669. The molecule has 106 valence electrons. The summed E-state index contributed by atoms with van der Waals surface area (Å²) in [5.74, 6) is -0.427. The zero-order valence-electron chi connectivity index (χ0n) is 10.2. The molecule has 0 aliphatic rings. The highest BCUT2D eigenvalue weighted by Gasteiger charge is 2.14. The van der Waals surface area contributed by atoms with Crippen LogP contribution in [-0.4, -0.2) is 29.9 Å². The molecule has 0 bridgehead atoms. The van der Waals surface area contributed by atoms with Gasteiger partial charge in [-0.2, -0.15) is 5.10 Å². The number of sulfonamides is 1. The average molecular weight is 314 g/mol. The van der Waals surface area contributed by atoms with Gasteiger partial charge in [0.1, 0.15) is 10.9 Å². The van der Waals surface area contributed by atoms with Crippen molar-refractivity contribution in [2.75, 3.05) is 5.08 Å². The third-order valence-electron chi connectivity index (χ3n) is 2.31. The van der Waals surface area contributed by atoms with Crippen molar-refractivity contribution < 1.29 is 12.8 Å². The number of hydrogen-bond acceptors (Lipinski definition) is 5. The third-order valence-corrected chi connectivity index (χ3v) is 4.63. The van der Waals surface area contributed by atoms with Crippen LogP contribution < -0.4 is 5.14 Å². The molecule has 0 radical (unpaired) electrons. The maximum atomic E-state index is 13.7. The minimum Gasteiger partial charge on any atom is -0.228 e. The Labute approximate surface area is 119 Å². The highest BCUT2D eigenvalue weighted by atomic mass is 32.3. The molecule has 0 atom stereocenters. The molecule has 0 saturated carbocycles. The Balaban J connectivity index is 2.36. The van der Waals surface area contributed by atoms with Crippen molar-refractivity contribution in [3.8, 4) is 11.3 Å². The summed E-state index contributed by atoms with van der Waals surface area (Å²) >= 11 is 0.883. The molecule has 1 heterocycles. The molecule has 0 unspecified atom stereocenters. The summed E-state index contributed by atoms with van der Waals surface area (Å²) < 4.78 is 36.9. The second kappa shape index (κ2) is 5.73. The van der Waals surface area contributed by atoms with E-state index in [0.717, 1.165) is 11.8 Å². The van der Waals surface area contributed by atoms with Crippen molar-refractivity contribution in [3.05, 3.63) is 36.3 Å². The second-order valence-electron chi connectivity index (χ2n) is 3.80. The summed E-state index contributed by atoms with van der Waals surface area (Å²) in [5, 5.41) is 8.52. The van der Waals surface area contributed by atoms with Crippen molar-refractivity contribution >= 4 is 28.5 Å². The van der Waals surface area contributed by atoms with Crippen LogP contribution in [0.3, 0.4) is 0 Å². The summed E-state index contributed by atoms with van der Waals surface area (Å²) in [6.45, 7) is 3.35. The Morgan fingerprint density at radius 3 is 2.75 bits per heavy atom. The van der Waals surface area contributed by atoms with Gasteiger partial charge in [-0.3, -0.25) is 0 Å². The van der Waals surface area contributed by atoms with Gasteiger partial charge in [0.2, 0.25) is 10.0 Å². The van der Waals surface area contributed by atoms with Crippen LogP contribution in [0.2, 0.25) is 0 Å². The van der Waals surface area contributed by atoms with Crippen molar-refractivity contribution in [1.29, 1.82) is 0 Å². The standard InChI is InChI=1S/C11H11FN4O2S2/c1-14-16-6-10(8-4-2-3-5-9(8)12)15-11(16)19-7-20(13,17)18/h2-6H,1,7H2,(H2,13,17,18). The number of primary sulfonamides is 1. The molecule has 0 aliphatic heterocycles. The fraction of sp³-hybridized carbons (Fsp3) is 0.0909. The predicted molar refractivity (Wildman–Crippen MR) is 76.4 cm³/mol. The maximum absolute atomic E-state index is 13.7. The van der Waals surface area contributed by atoms with Gasteiger partial charge in [-0.25, -0.2) is 27.6 Å². The zero-order valence-corrected chi connectivity index (χ0v) is 11.9. The Morgan fingerprint density at radius 1 is 1.45 bits per heavy atom. The van der Waals surface area contributed by atoms with Crippen LogP contribution in [0.25, 0.3) is 11.3 Å². The molecule has 20 heavy (non-hydrogen) atoms. The highest BCUT2D eigenvalue weighted by Crippen LogP contribution is 2.26. The average Bonchev–Trinajstić information content (AvgIpc) is 2.79. The number of halogens is 1. The molecule has 0 fully saturated rings. The largest absolute Gasteiger partial charge is 0.228 e. The first kappa shape index (κ1) is 14.7. The number of thioether (sulfide) groups is 1. The number of nitrogens with two attached hydrogens (primary N) is 1. The topological polar surface area (TPSA) is 90.3 Å². The van der Waals surface area contributed by atoms with E-state index in [0.29, 0.717) is 11.3 Å². The van der Waals surface area contributed by atoms with E-state index in [1.807, 2.05) is 0 Å². The lowest BCUT2D eigenvalue weighted by atomic mass is 10.1. The second-order valence-corrected chi connectivity index (χ2v) is 6.72. The van der Waals surface area contributed by atoms with Gasteiger partial charge in [0.15, 0.2) is 5.16 Å². The first-order valence-electron chi connectivity index (χ1n) is 5.35. The summed E-state index contributed by atoms with van der Waals surface area (Å²) in [4.78, 5) is 4.15. The molecule has 9 heteroatoms. The van der Waals surface area contributed by atoms with E-state index < -0.39 is 15.8 Å². The van der Waals surface area contributed by atoms with E-state index in [1.165, 1.54) is 16.9 Å². The minimum atomic E-state index is -3.64. The summed E-state index contributed by atoms with van der Waals surface area (Å²) in [5.41, 5.74) is 0.639. The molecule has 0 spiro atoms. The van der Waals surface area contributed by atoms with Gasteiger partial charge >= 0.3 is 0 Å². The number of nitrogens with zero attached hydrogens (tertiary/aromatic N) is 3. The molecular formula is C11H11FN4O2S2. The number of benzene rings is 1. The van der Waals surface area contributed by atoms with Crippen LogP contribution in [-0.2, 0) is 10.0 Å². The SMILES string of the molecule is C=Nn1cc(-c2ccccc2F)nc1SCS(N)(=O)=O. The van der Waals surface area contributed by atoms with E-state index >= 15 is 0 Å². The predicted octanol–water partition coefficient (Wildman–Crippen LogP) is 1.49. The van der Waals surface area contributed by atoms with Gasteiger partial charge in [0.25, 0.3) is 0 Å². The molecular weight excluding hydrogens is 303 g/mol. The zero-order chi connectivity index (χ0) is 14.8. The van der Waals surface area contributed by atoms with Crippen LogP contribution >= 0.6 is 11.8 Å².